The molecule has 0 saturated heterocycles. The normalized spacial score (nSPS) is 12.1. The number of aldehydes is 1. The number of ether oxygens (including phenoxy) is 1. The quantitative estimate of drug-likeness (QED) is 0.668. The molecule has 0 atom stereocenters. The number of para-hydroxylation sites is 1. The van der Waals surface area contributed by atoms with Crippen LogP contribution in [0.1, 0.15) is 22.6 Å². The minimum atomic E-state index is -0.518. The molecule has 3 aromatic rings. The van der Waals surface area contributed by atoms with Gasteiger partial charge in [0.2, 0.25) is 0 Å². The van der Waals surface area contributed by atoms with E-state index in [0.29, 0.717) is 5.69 Å². The summed E-state index contributed by atoms with van der Waals surface area (Å²) in [5.74, 6) is 0.0216. The molecular formula is C23H19NO3. The topological polar surface area (TPSA) is 55.4 Å². The molecule has 1 N–H and O–H groups in total. The van der Waals surface area contributed by atoms with Crippen molar-refractivity contribution in [1.29, 1.82) is 0 Å². The molecule has 0 radical (unpaired) electrons. The van der Waals surface area contributed by atoms with Crippen molar-refractivity contribution in [2.75, 3.05) is 11.9 Å². The van der Waals surface area contributed by atoms with E-state index in [1.807, 2.05) is 42.5 Å². The number of amides is 1. The number of fused-ring (bicyclic) bond motifs is 3. The lowest BCUT2D eigenvalue weighted by Gasteiger charge is -2.15. The van der Waals surface area contributed by atoms with E-state index >= 15 is 0 Å². The fourth-order valence-electron chi connectivity index (χ4n) is 3.65. The number of hydrogen-bond acceptors (Lipinski definition) is 3. The molecule has 0 bridgehead atoms. The third kappa shape index (κ3) is 3.34. The number of carbonyl (C=O) groups excluding carboxylic acids is 2. The molecule has 4 nitrogen and oxygen atoms in total. The van der Waals surface area contributed by atoms with E-state index in [1.54, 1.807) is 6.07 Å². The highest BCUT2D eigenvalue weighted by molar-refractivity contribution is 5.86. The highest BCUT2D eigenvalue weighted by atomic mass is 16.5. The van der Waals surface area contributed by atoms with E-state index in [4.69, 9.17) is 4.74 Å². The maximum absolute atomic E-state index is 12.3. The van der Waals surface area contributed by atoms with Crippen LogP contribution in [-0.2, 0) is 16.0 Å². The maximum Gasteiger partial charge on any atom is 0.411 e. The molecule has 0 saturated carbocycles. The van der Waals surface area contributed by atoms with Crippen LogP contribution in [0.2, 0.25) is 0 Å². The van der Waals surface area contributed by atoms with Gasteiger partial charge in [0.1, 0.15) is 12.9 Å². The van der Waals surface area contributed by atoms with E-state index in [0.717, 1.165) is 11.8 Å². The monoisotopic (exact) mass is 357 g/mol. The third-order valence-corrected chi connectivity index (χ3v) is 4.90. The Kier molecular flexibility index (Phi) is 4.71. The summed E-state index contributed by atoms with van der Waals surface area (Å²) in [5.41, 5.74) is 6.10. The average molecular weight is 357 g/mol. The molecule has 0 fully saturated rings. The summed E-state index contributed by atoms with van der Waals surface area (Å²) < 4.78 is 5.54. The second-order valence-electron chi connectivity index (χ2n) is 6.48. The van der Waals surface area contributed by atoms with Gasteiger partial charge in [-0.05, 0) is 33.9 Å². The summed E-state index contributed by atoms with van der Waals surface area (Å²) in [7, 11) is 0. The summed E-state index contributed by atoms with van der Waals surface area (Å²) in [6.07, 6.45) is 0.549. The lowest BCUT2D eigenvalue weighted by Crippen LogP contribution is -2.18. The molecule has 1 aliphatic carbocycles. The van der Waals surface area contributed by atoms with E-state index in [9.17, 15) is 9.59 Å². The Morgan fingerprint density at radius 1 is 0.889 bits per heavy atom. The molecule has 4 rings (SSSR count). The third-order valence-electron chi connectivity index (χ3n) is 4.90. The van der Waals surface area contributed by atoms with E-state index in [1.165, 1.54) is 22.3 Å². The Hall–Kier alpha value is -3.40. The second kappa shape index (κ2) is 7.46. The Bertz CT molecular complexity index is 951. The Morgan fingerprint density at radius 3 is 2.15 bits per heavy atom. The molecule has 0 aromatic heterocycles. The predicted octanol–water partition coefficient (Wildman–Crippen LogP) is 4.79. The fourth-order valence-corrected chi connectivity index (χ4v) is 3.65. The van der Waals surface area contributed by atoms with Crippen molar-refractivity contribution in [2.24, 2.45) is 0 Å². The average Bonchev–Trinajstić information content (AvgIpc) is 3.02. The second-order valence-corrected chi connectivity index (χ2v) is 6.48. The Morgan fingerprint density at radius 2 is 1.48 bits per heavy atom. The first-order valence-corrected chi connectivity index (χ1v) is 8.91. The van der Waals surface area contributed by atoms with Gasteiger partial charge < -0.3 is 9.53 Å². The van der Waals surface area contributed by atoms with Gasteiger partial charge in [-0.15, -0.1) is 0 Å². The van der Waals surface area contributed by atoms with Gasteiger partial charge in [0.25, 0.3) is 0 Å². The lowest BCUT2D eigenvalue weighted by atomic mass is 9.98. The molecular weight excluding hydrogens is 338 g/mol. The molecule has 0 spiro atoms. The van der Waals surface area contributed by atoms with Crippen LogP contribution in [0.15, 0.2) is 72.8 Å². The van der Waals surface area contributed by atoms with E-state index in [2.05, 4.69) is 29.6 Å². The van der Waals surface area contributed by atoms with Gasteiger partial charge in [0.15, 0.2) is 0 Å². The number of hydrogen-bond donors (Lipinski definition) is 1. The number of rotatable bonds is 5. The smallest absolute Gasteiger partial charge is 0.411 e. The van der Waals surface area contributed by atoms with Crippen LogP contribution in [0.5, 0.6) is 0 Å². The molecule has 0 heterocycles. The number of nitrogens with one attached hydrogen (secondary N) is 1. The van der Waals surface area contributed by atoms with Crippen LogP contribution in [0.3, 0.4) is 0 Å². The van der Waals surface area contributed by atoms with Crippen LogP contribution in [0.4, 0.5) is 10.5 Å². The first-order chi connectivity index (χ1) is 13.3. The summed E-state index contributed by atoms with van der Waals surface area (Å²) in [6, 6.07) is 23.7. The van der Waals surface area contributed by atoms with Crippen molar-refractivity contribution >= 4 is 18.1 Å². The SMILES string of the molecule is O=CCc1ccccc1NC(=O)OCC1c2ccccc2-c2ccccc21. The number of anilines is 1. The molecule has 27 heavy (non-hydrogen) atoms. The first-order valence-electron chi connectivity index (χ1n) is 8.91. The minimum absolute atomic E-state index is 0.0216. The van der Waals surface area contributed by atoms with Crippen molar-refractivity contribution in [3.63, 3.8) is 0 Å². The fraction of sp³-hybridized carbons (Fsp3) is 0.130. The Balaban J connectivity index is 1.49. The van der Waals surface area contributed by atoms with Gasteiger partial charge in [-0.25, -0.2) is 4.79 Å². The van der Waals surface area contributed by atoms with Gasteiger partial charge in [-0.2, -0.15) is 0 Å². The number of benzene rings is 3. The van der Waals surface area contributed by atoms with Gasteiger partial charge in [0.05, 0.1) is 0 Å². The van der Waals surface area contributed by atoms with Crippen LogP contribution in [-0.4, -0.2) is 19.0 Å². The van der Waals surface area contributed by atoms with Crippen LogP contribution in [0.25, 0.3) is 11.1 Å². The van der Waals surface area contributed by atoms with Gasteiger partial charge >= 0.3 is 6.09 Å². The summed E-state index contributed by atoms with van der Waals surface area (Å²) in [5, 5.41) is 2.75. The standard InChI is InChI=1S/C23H19NO3/c25-14-13-16-7-1-6-12-22(16)24-23(26)27-15-21-19-10-4-2-8-17(19)18-9-3-5-11-20(18)21/h1-12,14,21H,13,15H2,(H,24,26). The molecule has 0 aliphatic heterocycles. The first kappa shape index (κ1) is 17.0. The van der Waals surface area contributed by atoms with Gasteiger partial charge in [0, 0.05) is 18.0 Å². The van der Waals surface area contributed by atoms with Crippen LogP contribution >= 0.6 is 0 Å². The molecule has 134 valence electrons. The summed E-state index contributed by atoms with van der Waals surface area (Å²) >= 11 is 0. The van der Waals surface area contributed by atoms with Gasteiger partial charge in [-0.3, -0.25) is 5.32 Å². The van der Waals surface area contributed by atoms with E-state index in [-0.39, 0.29) is 18.9 Å². The maximum atomic E-state index is 12.3. The molecule has 3 aromatic carbocycles. The molecule has 4 heteroatoms. The lowest BCUT2D eigenvalue weighted by molar-refractivity contribution is -0.107. The van der Waals surface area contributed by atoms with Crippen LogP contribution < -0.4 is 5.32 Å². The minimum Gasteiger partial charge on any atom is -0.448 e. The van der Waals surface area contributed by atoms with Crippen molar-refractivity contribution in [3.8, 4) is 11.1 Å². The van der Waals surface area contributed by atoms with E-state index < -0.39 is 6.09 Å². The Labute approximate surface area is 157 Å². The highest BCUT2D eigenvalue weighted by Crippen LogP contribution is 2.44. The summed E-state index contributed by atoms with van der Waals surface area (Å²) in [4.78, 5) is 23.1. The van der Waals surface area contributed by atoms with Crippen LogP contribution in [0, 0.1) is 0 Å². The predicted molar refractivity (Wildman–Crippen MR) is 105 cm³/mol. The highest BCUT2D eigenvalue weighted by Gasteiger charge is 2.29. The zero-order valence-electron chi connectivity index (χ0n) is 14.7. The van der Waals surface area contributed by atoms with Gasteiger partial charge in [-0.1, -0.05) is 66.7 Å². The van der Waals surface area contributed by atoms with Crippen molar-refractivity contribution in [1.82, 2.24) is 0 Å². The summed E-state index contributed by atoms with van der Waals surface area (Å²) in [6.45, 7) is 0.260. The molecule has 1 amide bonds. The number of carbonyl (C=O) groups is 2. The largest absolute Gasteiger partial charge is 0.448 e. The molecule has 1 aliphatic rings. The zero-order valence-corrected chi connectivity index (χ0v) is 14.7. The van der Waals surface area contributed by atoms with Crippen molar-refractivity contribution < 1.29 is 14.3 Å². The van der Waals surface area contributed by atoms with Crippen molar-refractivity contribution in [3.05, 3.63) is 89.5 Å². The zero-order chi connectivity index (χ0) is 18.6. The van der Waals surface area contributed by atoms with Crippen molar-refractivity contribution in [2.45, 2.75) is 12.3 Å². The molecule has 0 unspecified atom stereocenters.